The minimum absolute atomic E-state index is 0.218. The average Bonchev–Trinajstić information content (AvgIpc) is 2.77. The highest BCUT2D eigenvalue weighted by Gasteiger charge is 2.33. The van der Waals surface area contributed by atoms with Gasteiger partial charge in [0.25, 0.3) is 0 Å². The van der Waals surface area contributed by atoms with Gasteiger partial charge in [-0.3, -0.25) is 0 Å². The third kappa shape index (κ3) is 2.90. The first kappa shape index (κ1) is 13.9. The highest BCUT2D eigenvalue weighted by Crippen LogP contribution is 2.29. The molecule has 0 aliphatic carbocycles. The van der Waals surface area contributed by atoms with Crippen LogP contribution in [0.2, 0.25) is 5.02 Å². The number of aliphatic hydroxyl groups excluding tert-OH is 1. The number of nitrogens with zero attached hydrogens (tertiary/aromatic N) is 2. The molecule has 2 rings (SSSR count). The van der Waals surface area contributed by atoms with Crippen LogP contribution in [0.4, 0.5) is 13.2 Å². The molecule has 1 N–H and O–H groups in total. The summed E-state index contributed by atoms with van der Waals surface area (Å²) in [6.45, 7) is 1.57. The molecule has 1 heterocycles. The summed E-state index contributed by atoms with van der Waals surface area (Å²) in [5.41, 5.74) is -0.0818. The maximum Gasteiger partial charge on any atom is 0.435 e. The summed E-state index contributed by atoms with van der Waals surface area (Å²) in [5, 5.41) is 13.0. The van der Waals surface area contributed by atoms with Crippen molar-refractivity contribution in [2.75, 3.05) is 0 Å². The van der Waals surface area contributed by atoms with Crippen molar-refractivity contribution in [3.05, 3.63) is 46.7 Å². The molecule has 0 radical (unpaired) electrons. The summed E-state index contributed by atoms with van der Waals surface area (Å²) in [7, 11) is 0. The van der Waals surface area contributed by atoms with Gasteiger partial charge in [-0.1, -0.05) is 17.7 Å². The summed E-state index contributed by atoms with van der Waals surface area (Å²) in [5.74, 6) is 0. The Hall–Kier alpha value is -1.53. The van der Waals surface area contributed by atoms with Crippen LogP contribution in [0.5, 0.6) is 0 Å². The van der Waals surface area contributed by atoms with E-state index in [9.17, 15) is 18.3 Å². The molecule has 102 valence electrons. The summed E-state index contributed by atoms with van der Waals surface area (Å²) < 4.78 is 38.4. The maximum absolute atomic E-state index is 12.4. The Balaban J connectivity index is 2.40. The first-order chi connectivity index (χ1) is 8.79. The van der Waals surface area contributed by atoms with Crippen molar-refractivity contribution >= 4 is 11.6 Å². The molecule has 0 aliphatic heterocycles. The molecule has 7 heteroatoms. The Labute approximate surface area is 112 Å². The van der Waals surface area contributed by atoms with Crippen LogP contribution in [0.1, 0.15) is 24.3 Å². The zero-order valence-corrected chi connectivity index (χ0v) is 10.6. The van der Waals surface area contributed by atoms with E-state index in [0.717, 1.165) is 10.7 Å². The van der Waals surface area contributed by atoms with Crippen molar-refractivity contribution in [3.8, 4) is 5.69 Å². The molecule has 0 spiro atoms. The van der Waals surface area contributed by atoms with Gasteiger partial charge >= 0.3 is 6.18 Å². The van der Waals surface area contributed by atoms with Gasteiger partial charge in [-0.05, 0) is 30.7 Å². The Morgan fingerprint density at radius 1 is 1.32 bits per heavy atom. The molecule has 0 fully saturated rings. The minimum atomic E-state index is -4.49. The van der Waals surface area contributed by atoms with E-state index in [-0.39, 0.29) is 5.02 Å². The number of alkyl halides is 3. The van der Waals surface area contributed by atoms with E-state index in [0.29, 0.717) is 11.3 Å². The van der Waals surface area contributed by atoms with Gasteiger partial charge in [-0.15, -0.1) is 0 Å². The predicted octanol–water partition coefficient (Wildman–Crippen LogP) is 3.60. The number of aromatic nitrogens is 2. The van der Waals surface area contributed by atoms with Gasteiger partial charge in [-0.2, -0.15) is 18.3 Å². The normalized spacial score (nSPS) is 13.6. The number of halogens is 4. The first-order valence-corrected chi connectivity index (χ1v) is 5.77. The highest BCUT2D eigenvalue weighted by atomic mass is 35.5. The molecule has 1 aromatic carbocycles. The molecule has 0 unspecified atom stereocenters. The smallest absolute Gasteiger partial charge is 0.389 e. The van der Waals surface area contributed by atoms with Crippen LogP contribution < -0.4 is 0 Å². The quantitative estimate of drug-likeness (QED) is 0.918. The van der Waals surface area contributed by atoms with Crippen LogP contribution in [-0.4, -0.2) is 14.9 Å². The molecule has 0 aliphatic rings. The lowest BCUT2D eigenvalue weighted by molar-refractivity contribution is -0.141. The molecule has 19 heavy (non-hydrogen) atoms. The lowest BCUT2D eigenvalue weighted by Gasteiger charge is -2.09. The van der Waals surface area contributed by atoms with Crippen molar-refractivity contribution in [1.82, 2.24) is 9.78 Å². The topological polar surface area (TPSA) is 38.0 Å². The fourth-order valence-electron chi connectivity index (χ4n) is 1.58. The van der Waals surface area contributed by atoms with Gasteiger partial charge in [0.05, 0.1) is 16.8 Å². The second-order valence-electron chi connectivity index (χ2n) is 4.03. The van der Waals surface area contributed by atoms with Gasteiger partial charge in [0.2, 0.25) is 0 Å². The Kier molecular flexibility index (Phi) is 3.56. The molecule has 0 bridgehead atoms. The standard InChI is InChI=1S/C12H10ClF3N2O/c1-7(19)8-2-3-10(9(13)6-8)18-5-4-11(17-18)12(14,15)16/h2-7,19H,1H3/t7-/m0/s1. The van der Waals surface area contributed by atoms with E-state index in [2.05, 4.69) is 5.10 Å². The maximum atomic E-state index is 12.4. The van der Waals surface area contributed by atoms with E-state index in [4.69, 9.17) is 11.6 Å². The number of hydrogen-bond donors (Lipinski definition) is 1. The molecular formula is C12H10ClF3N2O. The second-order valence-corrected chi connectivity index (χ2v) is 4.44. The molecule has 3 nitrogen and oxygen atoms in total. The zero-order chi connectivity index (χ0) is 14.2. The third-order valence-electron chi connectivity index (χ3n) is 2.58. The van der Waals surface area contributed by atoms with E-state index < -0.39 is 18.0 Å². The van der Waals surface area contributed by atoms with Gasteiger partial charge in [0.15, 0.2) is 5.69 Å². The predicted molar refractivity (Wildman–Crippen MR) is 64.2 cm³/mol. The highest BCUT2D eigenvalue weighted by molar-refractivity contribution is 6.32. The molecule has 0 saturated carbocycles. The Bertz CT molecular complexity index is 593. The van der Waals surface area contributed by atoms with Gasteiger partial charge in [0, 0.05) is 6.20 Å². The van der Waals surface area contributed by atoms with E-state index in [1.54, 1.807) is 13.0 Å². The van der Waals surface area contributed by atoms with Crippen LogP contribution in [0, 0.1) is 0 Å². The van der Waals surface area contributed by atoms with Crippen molar-refractivity contribution in [1.29, 1.82) is 0 Å². The second kappa shape index (κ2) is 4.86. The summed E-state index contributed by atoms with van der Waals surface area (Å²) >= 11 is 5.98. The lowest BCUT2D eigenvalue weighted by atomic mass is 10.1. The average molecular weight is 291 g/mol. The summed E-state index contributed by atoms with van der Waals surface area (Å²) in [6, 6.07) is 5.47. The largest absolute Gasteiger partial charge is 0.435 e. The van der Waals surface area contributed by atoms with Gasteiger partial charge < -0.3 is 5.11 Å². The van der Waals surface area contributed by atoms with Crippen LogP contribution in [0.25, 0.3) is 5.69 Å². The van der Waals surface area contributed by atoms with Crippen LogP contribution >= 0.6 is 11.6 Å². The molecule has 1 atom stereocenters. The Morgan fingerprint density at radius 2 is 2.00 bits per heavy atom. The number of hydrogen-bond acceptors (Lipinski definition) is 2. The molecular weight excluding hydrogens is 281 g/mol. The number of benzene rings is 1. The van der Waals surface area contributed by atoms with E-state index in [1.165, 1.54) is 18.3 Å². The molecule has 2 aromatic rings. The van der Waals surface area contributed by atoms with E-state index in [1.807, 2.05) is 0 Å². The van der Waals surface area contributed by atoms with Crippen molar-refractivity contribution < 1.29 is 18.3 Å². The first-order valence-electron chi connectivity index (χ1n) is 5.40. The Morgan fingerprint density at radius 3 is 2.47 bits per heavy atom. The third-order valence-corrected chi connectivity index (χ3v) is 2.88. The molecule has 0 saturated heterocycles. The zero-order valence-electron chi connectivity index (χ0n) is 9.82. The van der Waals surface area contributed by atoms with Crippen LogP contribution in [0.3, 0.4) is 0 Å². The molecule has 1 aromatic heterocycles. The number of aliphatic hydroxyl groups is 1. The van der Waals surface area contributed by atoms with E-state index >= 15 is 0 Å². The van der Waals surface area contributed by atoms with Gasteiger partial charge in [0.1, 0.15) is 0 Å². The minimum Gasteiger partial charge on any atom is -0.389 e. The SMILES string of the molecule is C[C@H](O)c1ccc(-n2ccc(C(F)(F)F)n2)c(Cl)c1. The number of rotatable bonds is 2. The van der Waals surface area contributed by atoms with Crippen LogP contribution in [-0.2, 0) is 6.18 Å². The monoisotopic (exact) mass is 290 g/mol. The van der Waals surface area contributed by atoms with Crippen molar-refractivity contribution in [2.45, 2.75) is 19.2 Å². The van der Waals surface area contributed by atoms with Crippen molar-refractivity contribution in [2.24, 2.45) is 0 Å². The summed E-state index contributed by atoms with van der Waals surface area (Å²) in [6.07, 6.45) is -4.00. The molecule has 0 amide bonds. The fourth-order valence-corrected chi connectivity index (χ4v) is 1.85. The van der Waals surface area contributed by atoms with Crippen LogP contribution in [0.15, 0.2) is 30.5 Å². The summed E-state index contributed by atoms with van der Waals surface area (Å²) in [4.78, 5) is 0. The lowest BCUT2D eigenvalue weighted by Crippen LogP contribution is -2.07. The van der Waals surface area contributed by atoms with Gasteiger partial charge in [-0.25, -0.2) is 4.68 Å². The fraction of sp³-hybridized carbons (Fsp3) is 0.250. The van der Waals surface area contributed by atoms with Crippen molar-refractivity contribution in [3.63, 3.8) is 0 Å².